The number of hydrogen-bond acceptors (Lipinski definition) is 6. The normalized spacial score (nSPS) is 12.0. The fraction of sp³-hybridized carbons (Fsp3) is 0.462. The molecule has 116 valence electrons. The van der Waals surface area contributed by atoms with Crippen molar-refractivity contribution in [3.8, 4) is 5.75 Å². The van der Waals surface area contributed by atoms with E-state index in [2.05, 4.69) is 5.32 Å². The highest BCUT2D eigenvalue weighted by atomic mass is 16.7. The number of carbonyl (C=O) groups is 1. The minimum atomic E-state index is -0.654. The number of rotatable bonds is 7. The first-order chi connectivity index (χ1) is 9.96. The largest absolute Gasteiger partial charge is 0.490 e. The third-order valence-electron chi connectivity index (χ3n) is 2.88. The number of nitrogens with one attached hydrogen (secondary N) is 1. The summed E-state index contributed by atoms with van der Waals surface area (Å²) in [6, 6.07) is 3.80. The third kappa shape index (κ3) is 3.89. The molecule has 1 amide bonds. The van der Waals surface area contributed by atoms with Gasteiger partial charge in [0.05, 0.1) is 18.1 Å². The van der Waals surface area contributed by atoms with Gasteiger partial charge in [0.25, 0.3) is 5.91 Å². The fourth-order valence-electron chi connectivity index (χ4n) is 1.92. The quantitative estimate of drug-likeness (QED) is 0.463. The first-order valence-corrected chi connectivity index (χ1v) is 6.14. The predicted octanol–water partition coefficient (Wildman–Crippen LogP) is 1.34. The highest BCUT2D eigenvalue weighted by Crippen LogP contribution is 2.30. The van der Waals surface area contributed by atoms with E-state index in [0.29, 0.717) is 0 Å². The third-order valence-corrected chi connectivity index (χ3v) is 2.88. The van der Waals surface area contributed by atoms with Gasteiger partial charge in [-0.1, -0.05) is 6.07 Å². The van der Waals surface area contributed by atoms with Gasteiger partial charge in [-0.3, -0.25) is 14.9 Å². The number of ether oxygens (including phenoxy) is 3. The average Bonchev–Trinajstić information content (AvgIpc) is 2.47. The van der Waals surface area contributed by atoms with Crippen molar-refractivity contribution in [2.45, 2.75) is 19.3 Å². The van der Waals surface area contributed by atoms with Gasteiger partial charge in [0, 0.05) is 14.2 Å². The standard InChI is InChI=1S/C13H18N2O6/c1-8(13(20-3)21-4)14-12(16)9-6-5-7-10(19-2)11(9)15(17)18/h5-8,13H,1-4H3,(H,14,16)/t8-/m0/s1. The molecule has 0 fully saturated rings. The van der Waals surface area contributed by atoms with Gasteiger partial charge in [-0.2, -0.15) is 0 Å². The van der Waals surface area contributed by atoms with E-state index in [1.165, 1.54) is 39.5 Å². The highest BCUT2D eigenvalue weighted by Gasteiger charge is 2.27. The zero-order valence-corrected chi connectivity index (χ0v) is 12.3. The second-order valence-electron chi connectivity index (χ2n) is 4.22. The molecule has 1 N–H and O–H groups in total. The van der Waals surface area contributed by atoms with Gasteiger partial charge in [0.2, 0.25) is 0 Å². The van der Waals surface area contributed by atoms with Gasteiger partial charge < -0.3 is 19.5 Å². The van der Waals surface area contributed by atoms with Crippen LogP contribution in [-0.2, 0) is 9.47 Å². The molecule has 8 nitrogen and oxygen atoms in total. The van der Waals surface area contributed by atoms with Crippen LogP contribution in [0.5, 0.6) is 5.75 Å². The van der Waals surface area contributed by atoms with Crippen molar-refractivity contribution < 1.29 is 23.9 Å². The zero-order valence-electron chi connectivity index (χ0n) is 12.3. The number of hydrogen-bond donors (Lipinski definition) is 1. The molecule has 0 aliphatic carbocycles. The van der Waals surface area contributed by atoms with Crippen molar-refractivity contribution in [2.24, 2.45) is 0 Å². The Hall–Kier alpha value is -2.19. The number of nitro groups is 1. The molecular weight excluding hydrogens is 280 g/mol. The molecule has 0 heterocycles. The molecule has 0 aliphatic rings. The Morgan fingerprint density at radius 3 is 2.38 bits per heavy atom. The van der Waals surface area contributed by atoms with Crippen LogP contribution in [0.15, 0.2) is 18.2 Å². The Morgan fingerprint density at radius 2 is 1.90 bits per heavy atom. The molecule has 0 bridgehead atoms. The minimum Gasteiger partial charge on any atom is -0.490 e. The number of carbonyl (C=O) groups excluding carboxylic acids is 1. The van der Waals surface area contributed by atoms with Crippen LogP contribution in [0.1, 0.15) is 17.3 Å². The molecule has 0 saturated heterocycles. The summed E-state index contributed by atoms with van der Waals surface area (Å²) in [6.45, 7) is 1.67. The lowest BCUT2D eigenvalue weighted by atomic mass is 10.1. The lowest BCUT2D eigenvalue weighted by Gasteiger charge is -2.22. The molecule has 8 heteroatoms. The maximum absolute atomic E-state index is 12.2. The molecule has 21 heavy (non-hydrogen) atoms. The first kappa shape index (κ1) is 16.9. The van der Waals surface area contributed by atoms with Crippen molar-refractivity contribution in [1.29, 1.82) is 0 Å². The summed E-state index contributed by atoms with van der Waals surface area (Å²) in [5.41, 5.74) is -0.465. The van der Waals surface area contributed by atoms with E-state index in [9.17, 15) is 14.9 Å². The molecule has 0 radical (unpaired) electrons. The van der Waals surface area contributed by atoms with Crippen molar-refractivity contribution in [1.82, 2.24) is 5.32 Å². The van der Waals surface area contributed by atoms with Crippen LogP contribution < -0.4 is 10.1 Å². The van der Waals surface area contributed by atoms with Gasteiger partial charge >= 0.3 is 5.69 Å². The van der Waals surface area contributed by atoms with E-state index in [-0.39, 0.29) is 17.0 Å². The number of nitro benzene ring substituents is 1. The molecule has 0 unspecified atom stereocenters. The molecule has 0 spiro atoms. The number of para-hydroxylation sites is 1. The van der Waals surface area contributed by atoms with Gasteiger partial charge in [0.15, 0.2) is 12.0 Å². The molecule has 1 atom stereocenters. The van der Waals surface area contributed by atoms with Crippen molar-refractivity contribution >= 4 is 11.6 Å². The van der Waals surface area contributed by atoms with Gasteiger partial charge in [0.1, 0.15) is 5.56 Å². The average molecular weight is 298 g/mol. The van der Waals surface area contributed by atoms with Crippen LogP contribution in [0.2, 0.25) is 0 Å². The maximum Gasteiger partial charge on any atom is 0.323 e. The van der Waals surface area contributed by atoms with E-state index in [1.54, 1.807) is 6.92 Å². The molecule has 1 rings (SSSR count). The van der Waals surface area contributed by atoms with Crippen LogP contribution >= 0.6 is 0 Å². The predicted molar refractivity (Wildman–Crippen MR) is 74.4 cm³/mol. The van der Waals surface area contributed by atoms with E-state index in [4.69, 9.17) is 14.2 Å². The van der Waals surface area contributed by atoms with Gasteiger partial charge in [-0.05, 0) is 19.1 Å². The van der Waals surface area contributed by atoms with Crippen LogP contribution in [-0.4, -0.2) is 44.5 Å². The number of nitrogens with zero attached hydrogens (tertiary/aromatic N) is 1. The summed E-state index contributed by atoms with van der Waals surface area (Å²) >= 11 is 0. The van der Waals surface area contributed by atoms with Crippen molar-refractivity contribution in [3.63, 3.8) is 0 Å². The Morgan fingerprint density at radius 1 is 1.29 bits per heavy atom. The van der Waals surface area contributed by atoms with Gasteiger partial charge in [-0.15, -0.1) is 0 Å². The molecule has 0 saturated carbocycles. The summed E-state index contributed by atoms with van der Waals surface area (Å²) in [7, 11) is 4.17. The Kier molecular flexibility index (Phi) is 6.07. The van der Waals surface area contributed by atoms with Crippen molar-refractivity contribution in [2.75, 3.05) is 21.3 Å². The molecular formula is C13H18N2O6. The summed E-state index contributed by atoms with van der Waals surface area (Å²) in [4.78, 5) is 22.7. The van der Waals surface area contributed by atoms with E-state index >= 15 is 0 Å². The second kappa shape index (κ2) is 7.55. The summed E-state index contributed by atoms with van der Waals surface area (Å²) in [5.74, 6) is -0.581. The van der Waals surface area contributed by atoms with Crippen LogP contribution in [0, 0.1) is 10.1 Å². The summed E-state index contributed by atoms with van der Waals surface area (Å²) in [5, 5.41) is 13.7. The minimum absolute atomic E-state index is 0.0235. The summed E-state index contributed by atoms with van der Waals surface area (Å²) < 4.78 is 15.0. The second-order valence-corrected chi connectivity index (χ2v) is 4.22. The first-order valence-electron chi connectivity index (χ1n) is 6.14. The Labute approximate surface area is 122 Å². The summed E-state index contributed by atoms with van der Waals surface area (Å²) in [6.07, 6.45) is -0.654. The van der Waals surface area contributed by atoms with Crippen LogP contribution in [0.4, 0.5) is 5.69 Å². The number of amides is 1. The van der Waals surface area contributed by atoms with E-state index in [1.807, 2.05) is 0 Å². The van der Waals surface area contributed by atoms with Crippen LogP contribution in [0.3, 0.4) is 0 Å². The van der Waals surface area contributed by atoms with E-state index < -0.39 is 23.2 Å². The molecule has 0 aromatic heterocycles. The smallest absolute Gasteiger partial charge is 0.323 e. The van der Waals surface area contributed by atoms with E-state index in [0.717, 1.165) is 0 Å². The van der Waals surface area contributed by atoms with Crippen molar-refractivity contribution in [3.05, 3.63) is 33.9 Å². The fourth-order valence-corrected chi connectivity index (χ4v) is 1.92. The topological polar surface area (TPSA) is 99.9 Å². The molecule has 0 aliphatic heterocycles. The lowest BCUT2D eigenvalue weighted by Crippen LogP contribution is -2.43. The SMILES string of the molecule is COc1cccc(C(=O)N[C@@H](C)C(OC)OC)c1[N+](=O)[O-]. The molecule has 1 aromatic carbocycles. The molecule has 1 aromatic rings. The number of methoxy groups -OCH3 is 3. The highest BCUT2D eigenvalue weighted by molar-refractivity contribution is 5.99. The Balaban J connectivity index is 3.05. The lowest BCUT2D eigenvalue weighted by molar-refractivity contribution is -0.386. The van der Waals surface area contributed by atoms with Gasteiger partial charge in [-0.25, -0.2) is 0 Å². The maximum atomic E-state index is 12.2. The van der Waals surface area contributed by atoms with Crippen LogP contribution in [0.25, 0.3) is 0 Å². The number of benzene rings is 1. The zero-order chi connectivity index (χ0) is 16.0. The monoisotopic (exact) mass is 298 g/mol. The Bertz CT molecular complexity index is 515.